The van der Waals surface area contributed by atoms with Gasteiger partial charge >= 0.3 is 0 Å². The first-order valence-electron chi connectivity index (χ1n) is 6.39. The molecule has 0 aromatic carbocycles. The lowest BCUT2D eigenvalue weighted by atomic mass is 10.1. The smallest absolute Gasteiger partial charge is 0.230 e. The Morgan fingerprint density at radius 3 is 2.71 bits per heavy atom. The highest BCUT2D eigenvalue weighted by atomic mass is 32.2. The molecule has 0 spiro atoms. The number of aromatic nitrogens is 4. The molecule has 2 heterocycles. The Bertz CT molecular complexity index is 650. The van der Waals surface area contributed by atoms with E-state index in [1.54, 1.807) is 0 Å². The van der Waals surface area contributed by atoms with Gasteiger partial charge in [-0.3, -0.25) is 9.48 Å². The largest absolute Gasteiger partial charge is 0.374 e. The first kappa shape index (κ1) is 15.8. The molecule has 0 fully saturated rings. The molecule has 0 saturated heterocycles. The van der Waals surface area contributed by atoms with Crippen molar-refractivity contribution in [3.63, 3.8) is 0 Å². The monoisotopic (exact) mass is 326 g/mol. The van der Waals surface area contributed by atoms with Crippen LogP contribution in [0.2, 0.25) is 0 Å². The first-order chi connectivity index (χ1) is 9.88. The Kier molecular flexibility index (Phi) is 4.84. The molecule has 0 aliphatic carbocycles. The average Bonchev–Trinajstić information content (AvgIpc) is 2.92. The second-order valence-corrected chi connectivity index (χ2v) is 6.92. The lowest BCUT2D eigenvalue weighted by Crippen LogP contribution is -2.28. The fourth-order valence-corrected chi connectivity index (χ4v) is 3.63. The molecule has 2 rings (SSSR count). The maximum absolute atomic E-state index is 12.0. The molecule has 0 radical (unpaired) electrons. The molecule has 21 heavy (non-hydrogen) atoms. The number of amides is 1. The van der Waals surface area contributed by atoms with Gasteiger partial charge in [0.05, 0.1) is 17.5 Å². The van der Waals surface area contributed by atoms with Crippen molar-refractivity contribution in [1.82, 2.24) is 25.3 Å². The summed E-state index contributed by atoms with van der Waals surface area (Å²) in [7, 11) is 1.90. The number of hydrogen-bond acceptors (Lipinski definition) is 7. The molecule has 0 saturated carbocycles. The van der Waals surface area contributed by atoms with Crippen LogP contribution in [0.3, 0.4) is 0 Å². The van der Waals surface area contributed by atoms with Gasteiger partial charge in [-0.1, -0.05) is 23.1 Å². The van der Waals surface area contributed by atoms with E-state index in [1.807, 2.05) is 32.5 Å². The van der Waals surface area contributed by atoms with Crippen LogP contribution >= 0.6 is 23.1 Å². The summed E-state index contributed by atoms with van der Waals surface area (Å²) in [6.45, 7) is 5.91. The van der Waals surface area contributed by atoms with E-state index in [9.17, 15) is 4.79 Å². The van der Waals surface area contributed by atoms with Crippen LogP contribution in [0.5, 0.6) is 0 Å². The maximum Gasteiger partial charge on any atom is 0.230 e. The van der Waals surface area contributed by atoms with Crippen LogP contribution < -0.4 is 11.1 Å². The Labute approximate surface area is 131 Å². The van der Waals surface area contributed by atoms with Crippen molar-refractivity contribution in [3.05, 3.63) is 17.0 Å². The summed E-state index contributed by atoms with van der Waals surface area (Å²) < 4.78 is 2.52. The molecular formula is C12H18N6OS2. The summed E-state index contributed by atoms with van der Waals surface area (Å²) in [4.78, 5) is 12.0. The minimum atomic E-state index is -0.0775. The molecule has 114 valence electrons. The predicted molar refractivity (Wildman–Crippen MR) is 84.3 cm³/mol. The Morgan fingerprint density at radius 2 is 2.19 bits per heavy atom. The van der Waals surface area contributed by atoms with E-state index in [-0.39, 0.29) is 17.7 Å². The molecule has 9 heteroatoms. The van der Waals surface area contributed by atoms with Gasteiger partial charge in [-0.05, 0) is 20.8 Å². The number of hydrogen-bond donors (Lipinski definition) is 2. The first-order valence-corrected chi connectivity index (χ1v) is 8.20. The molecule has 2 aromatic heterocycles. The van der Waals surface area contributed by atoms with E-state index in [4.69, 9.17) is 5.73 Å². The third-order valence-corrected chi connectivity index (χ3v) is 5.01. The van der Waals surface area contributed by atoms with E-state index < -0.39 is 0 Å². The molecule has 0 aliphatic rings. The van der Waals surface area contributed by atoms with E-state index in [1.165, 1.54) is 23.1 Å². The van der Waals surface area contributed by atoms with Gasteiger partial charge in [0.1, 0.15) is 0 Å². The van der Waals surface area contributed by atoms with E-state index in [0.717, 1.165) is 17.0 Å². The molecule has 3 N–H and O–H groups in total. The minimum absolute atomic E-state index is 0.0519. The third kappa shape index (κ3) is 3.73. The summed E-state index contributed by atoms with van der Waals surface area (Å²) in [5.74, 6) is 0.237. The molecule has 0 bridgehead atoms. The summed E-state index contributed by atoms with van der Waals surface area (Å²) in [6.07, 6.45) is 0. The Hall–Kier alpha value is -1.61. The zero-order valence-corrected chi connectivity index (χ0v) is 14.0. The van der Waals surface area contributed by atoms with E-state index >= 15 is 0 Å². The SMILES string of the molecule is Cc1nn(C)c(C)c1[C@H](C)NC(=O)CSc1nnc(N)s1. The van der Waals surface area contributed by atoms with Crippen LogP contribution in [0.4, 0.5) is 5.13 Å². The van der Waals surface area contributed by atoms with Crippen molar-refractivity contribution < 1.29 is 4.79 Å². The number of nitrogens with zero attached hydrogens (tertiary/aromatic N) is 4. The van der Waals surface area contributed by atoms with Crippen molar-refractivity contribution in [2.45, 2.75) is 31.2 Å². The van der Waals surface area contributed by atoms with Gasteiger partial charge in [-0.25, -0.2) is 0 Å². The van der Waals surface area contributed by atoms with Crippen molar-refractivity contribution in [2.24, 2.45) is 7.05 Å². The summed E-state index contributed by atoms with van der Waals surface area (Å²) in [5.41, 5.74) is 8.56. The van der Waals surface area contributed by atoms with Gasteiger partial charge in [0.2, 0.25) is 11.0 Å². The summed E-state index contributed by atoms with van der Waals surface area (Å²) >= 11 is 2.61. The highest BCUT2D eigenvalue weighted by molar-refractivity contribution is 8.01. The number of nitrogens with two attached hydrogens (primary N) is 1. The quantitative estimate of drug-likeness (QED) is 0.807. The van der Waals surface area contributed by atoms with Gasteiger partial charge < -0.3 is 11.1 Å². The number of thioether (sulfide) groups is 1. The second-order valence-electron chi connectivity index (χ2n) is 4.69. The van der Waals surface area contributed by atoms with Crippen LogP contribution in [0.25, 0.3) is 0 Å². The van der Waals surface area contributed by atoms with Crippen LogP contribution in [0.1, 0.15) is 29.9 Å². The molecule has 0 aliphatic heterocycles. The van der Waals surface area contributed by atoms with Gasteiger partial charge in [-0.15, -0.1) is 10.2 Å². The third-order valence-electron chi connectivity index (χ3n) is 3.12. The number of carbonyl (C=O) groups excluding carboxylic acids is 1. The number of carbonyl (C=O) groups is 1. The predicted octanol–water partition coefficient (Wildman–Crippen LogP) is 1.44. The molecule has 7 nitrogen and oxygen atoms in total. The topological polar surface area (TPSA) is 98.7 Å². The molecule has 2 aromatic rings. The standard InChI is InChI=1S/C12H18N6OS2/c1-6(10-7(2)17-18(4)8(10)3)14-9(19)5-20-12-16-15-11(13)21-12/h6H,5H2,1-4H3,(H2,13,15)(H,14,19)/t6-/m0/s1. The van der Waals surface area contributed by atoms with Gasteiger partial charge in [0, 0.05) is 18.3 Å². The average molecular weight is 326 g/mol. The highest BCUT2D eigenvalue weighted by Gasteiger charge is 2.18. The molecular weight excluding hydrogens is 308 g/mol. The number of anilines is 1. The van der Waals surface area contributed by atoms with Crippen LogP contribution in [0, 0.1) is 13.8 Å². The van der Waals surface area contributed by atoms with Crippen LogP contribution in [-0.2, 0) is 11.8 Å². The molecule has 1 amide bonds. The van der Waals surface area contributed by atoms with Gasteiger partial charge in [0.15, 0.2) is 4.34 Å². The molecule has 1 atom stereocenters. The van der Waals surface area contributed by atoms with E-state index in [0.29, 0.717) is 9.47 Å². The van der Waals surface area contributed by atoms with E-state index in [2.05, 4.69) is 20.6 Å². The fourth-order valence-electron chi connectivity index (χ4n) is 2.18. The second kappa shape index (κ2) is 6.44. The van der Waals surface area contributed by atoms with Crippen LogP contribution in [-0.4, -0.2) is 31.6 Å². The Morgan fingerprint density at radius 1 is 1.48 bits per heavy atom. The summed E-state index contributed by atoms with van der Waals surface area (Å²) in [5, 5.41) is 15.3. The Balaban J connectivity index is 1.93. The molecule has 0 unspecified atom stereocenters. The zero-order chi connectivity index (χ0) is 15.6. The van der Waals surface area contributed by atoms with Crippen LogP contribution in [0.15, 0.2) is 4.34 Å². The van der Waals surface area contributed by atoms with Crippen molar-refractivity contribution in [3.8, 4) is 0 Å². The highest BCUT2D eigenvalue weighted by Crippen LogP contribution is 2.24. The minimum Gasteiger partial charge on any atom is -0.374 e. The van der Waals surface area contributed by atoms with Gasteiger partial charge in [0.25, 0.3) is 0 Å². The van der Waals surface area contributed by atoms with Crippen molar-refractivity contribution in [2.75, 3.05) is 11.5 Å². The lowest BCUT2D eigenvalue weighted by Gasteiger charge is -2.14. The number of nitrogens with one attached hydrogen (secondary N) is 1. The maximum atomic E-state index is 12.0. The zero-order valence-electron chi connectivity index (χ0n) is 12.4. The van der Waals surface area contributed by atoms with Crippen molar-refractivity contribution in [1.29, 1.82) is 0 Å². The van der Waals surface area contributed by atoms with Gasteiger partial charge in [-0.2, -0.15) is 5.10 Å². The normalized spacial score (nSPS) is 12.4. The fraction of sp³-hybridized carbons (Fsp3) is 0.500. The number of aryl methyl sites for hydroxylation is 2. The number of rotatable bonds is 5. The number of nitrogen functional groups attached to an aromatic ring is 1. The van der Waals surface area contributed by atoms with Crippen molar-refractivity contribution >= 4 is 34.1 Å². The lowest BCUT2D eigenvalue weighted by molar-refractivity contribution is -0.119. The summed E-state index contributed by atoms with van der Waals surface area (Å²) in [6, 6.07) is -0.0775.